The summed E-state index contributed by atoms with van der Waals surface area (Å²) >= 11 is 6.32. The van der Waals surface area contributed by atoms with E-state index in [1.165, 1.54) is 16.4 Å². The molecule has 2 aromatic carbocycles. The number of rotatable bonds is 12. The van der Waals surface area contributed by atoms with Crippen LogP contribution in [0.3, 0.4) is 0 Å². The van der Waals surface area contributed by atoms with Crippen molar-refractivity contribution in [2.24, 2.45) is 5.73 Å². The number of hydrogen-bond donors (Lipinski definition) is 3. The van der Waals surface area contributed by atoms with Crippen LogP contribution in [-0.4, -0.2) is 74.5 Å². The lowest BCUT2D eigenvalue weighted by atomic mass is 10.2. The number of benzene rings is 2. The molecule has 0 aliphatic carbocycles. The number of aromatic nitrogens is 1. The van der Waals surface area contributed by atoms with Gasteiger partial charge in [0.2, 0.25) is 15.9 Å². The number of fused-ring (bicyclic) bond motifs is 1. The first kappa shape index (κ1) is 30.3. The van der Waals surface area contributed by atoms with Gasteiger partial charge in [0.1, 0.15) is 29.0 Å². The Morgan fingerprint density at radius 1 is 1.20 bits per heavy atom. The Labute approximate surface area is 242 Å². The number of H-pyrrole nitrogens is 1. The highest BCUT2D eigenvalue weighted by Crippen LogP contribution is 2.36. The van der Waals surface area contributed by atoms with E-state index < -0.39 is 33.9 Å². The van der Waals surface area contributed by atoms with Crippen molar-refractivity contribution in [1.29, 1.82) is 0 Å². The molecule has 0 radical (unpaired) electrons. The molecule has 41 heavy (non-hydrogen) atoms. The quantitative estimate of drug-likeness (QED) is 0.264. The molecular formula is C27H31ClN4O8S. The summed E-state index contributed by atoms with van der Waals surface area (Å²) in [7, 11) is -4.29. The maximum absolute atomic E-state index is 13.9. The molecule has 1 atom stereocenters. The highest BCUT2D eigenvalue weighted by molar-refractivity contribution is 7.89. The van der Waals surface area contributed by atoms with Crippen LogP contribution >= 0.6 is 11.6 Å². The zero-order valence-electron chi connectivity index (χ0n) is 22.4. The summed E-state index contributed by atoms with van der Waals surface area (Å²) in [5, 5.41) is 2.90. The second-order valence-corrected chi connectivity index (χ2v) is 11.6. The summed E-state index contributed by atoms with van der Waals surface area (Å²) in [6, 6.07) is 11.9. The van der Waals surface area contributed by atoms with Gasteiger partial charge in [0.25, 0.3) is 5.91 Å². The lowest BCUT2D eigenvalue weighted by molar-refractivity contribution is -0.143. The van der Waals surface area contributed by atoms with Gasteiger partial charge in [0.15, 0.2) is 0 Å². The van der Waals surface area contributed by atoms with Crippen LogP contribution in [0, 0.1) is 0 Å². The van der Waals surface area contributed by atoms with Crippen molar-refractivity contribution in [3.8, 4) is 5.75 Å². The highest BCUT2D eigenvalue weighted by atomic mass is 35.5. The number of para-hydroxylation sites is 1. The second kappa shape index (κ2) is 13.3. The van der Waals surface area contributed by atoms with E-state index in [1.54, 1.807) is 19.1 Å². The van der Waals surface area contributed by atoms with Crippen LogP contribution in [0.25, 0.3) is 10.9 Å². The number of halogens is 1. The molecule has 220 valence electrons. The zero-order valence-corrected chi connectivity index (χ0v) is 23.9. The lowest BCUT2D eigenvalue weighted by Gasteiger charge is -2.32. The van der Waals surface area contributed by atoms with E-state index in [4.69, 9.17) is 31.5 Å². The Balaban J connectivity index is 1.58. The molecule has 12 nitrogen and oxygen atoms in total. The number of nitrogens with one attached hydrogen (secondary N) is 2. The summed E-state index contributed by atoms with van der Waals surface area (Å²) in [6.45, 7) is 2.19. The Morgan fingerprint density at radius 3 is 2.66 bits per heavy atom. The first-order chi connectivity index (χ1) is 19.6. The Morgan fingerprint density at radius 2 is 1.95 bits per heavy atom. The fourth-order valence-corrected chi connectivity index (χ4v) is 6.46. The van der Waals surface area contributed by atoms with Crippen molar-refractivity contribution in [1.82, 2.24) is 9.29 Å². The molecule has 1 aliphatic heterocycles. The fraction of sp³-hybridized carbons (Fsp3) is 0.370. The van der Waals surface area contributed by atoms with Gasteiger partial charge in [-0.1, -0.05) is 29.8 Å². The number of carbonyl (C=O) groups excluding carboxylic acids is 3. The summed E-state index contributed by atoms with van der Waals surface area (Å²) in [5.74, 6) is -1.23. The maximum atomic E-state index is 13.9. The average molecular weight is 607 g/mol. The van der Waals surface area contributed by atoms with Gasteiger partial charge in [-0.25, -0.2) is 8.42 Å². The number of aromatic amines is 1. The Hall–Kier alpha value is -3.65. The van der Waals surface area contributed by atoms with Gasteiger partial charge in [-0.3, -0.25) is 14.4 Å². The first-order valence-corrected chi connectivity index (χ1v) is 14.8. The normalized spacial score (nSPS) is 15.9. The first-order valence-electron chi connectivity index (χ1n) is 13.0. The number of anilines is 1. The third kappa shape index (κ3) is 7.36. The molecule has 0 spiro atoms. The summed E-state index contributed by atoms with van der Waals surface area (Å²) in [5.41, 5.74) is 5.57. The number of carbonyl (C=O) groups is 3. The zero-order chi connectivity index (χ0) is 29.6. The van der Waals surface area contributed by atoms with Gasteiger partial charge < -0.3 is 30.2 Å². The van der Waals surface area contributed by atoms with Crippen molar-refractivity contribution < 1.29 is 37.0 Å². The smallest absolute Gasteiger partial charge is 0.305 e. The van der Waals surface area contributed by atoms with Gasteiger partial charge in [0.05, 0.1) is 24.4 Å². The van der Waals surface area contributed by atoms with Crippen LogP contribution in [0.2, 0.25) is 5.02 Å². The van der Waals surface area contributed by atoms with Gasteiger partial charge in [-0.15, -0.1) is 0 Å². The molecular weight excluding hydrogens is 576 g/mol. The number of ether oxygens (including phenoxy) is 3. The average Bonchev–Trinajstić information content (AvgIpc) is 3.34. The topological polar surface area (TPSA) is 170 Å². The van der Waals surface area contributed by atoms with Crippen molar-refractivity contribution in [3.05, 3.63) is 53.2 Å². The monoisotopic (exact) mass is 606 g/mol. The number of sulfonamides is 1. The number of esters is 1. The van der Waals surface area contributed by atoms with Crippen LogP contribution in [0.1, 0.15) is 36.7 Å². The van der Waals surface area contributed by atoms with Gasteiger partial charge in [-0.05, 0) is 37.6 Å². The number of nitrogens with two attached hydrogens (primary N) is 1. The number of morpholine rings is 1. The number of hydrogen-bond acceptors (Lipinski definition) is 8. The SMILES string of the molecule is CCOC(=O)CCCC(=O)Nc1cc(Cl)cc2c(S(=O)(=O)N3CCOC(COc4ccccc4)C3)c(C(N)=O)[nH]c12. The lowest BCUT2D eigenvalue weighted by Crippen LogP contribution is -2.47. The fourth-order valence-electron chi connectivity index (χ4n) is 4.46. The number of amides is 2. The third-order valence-corrected chi connectivity index (χ3v) is 8.48. The van der Waals surface area contributed by atoms with Crippen LogP contribution in [-0.2, 0) is 29.1 Å². The molecule has 4 N–H and O–H groups in total. The molecule has 1 aromatic heterocycles. The van der Waals surface area contributed by atoms with E-state index in [0.717, 1.165) is 0 Å². The van der Waals surface area contributed by atoms with Gasteiger partial charge >= 0.3 is 5.97 Å². The minimum absolute atomic E-state index is 0.00157. The van der Waals surface area contributed by atoms with Gasteiger partial charge in [-0.2, -0.15) is 4.31 Å². The molecule has 1 unspecified atom stereocenters. The highest BCUT2D eigenvalue weighted by Gasteiger charge is 2.36. The predicted octanol–water partition coefficient (Wildman–Crippen LogP) is 3.06. The van der Waals surface area contributed by atoms with Crippen molar-refractivity contribution >= 4 is 56.0 Å². The van der Waals surface area contributed by atoms with E-state index >= 15 is 0 Å². The van der Waals surface area contributed by atoms with E-state index in [2.05, 4.69) is 10.3 Å². The minimum Gasteiger partial charge on any atom is -0.491 e. The van der Waals surface area contributed by atoms with E-state index in [9.17, 15) is 22.8 Å². The van der Waals surface area contributed by atoms with Crippen LogP contribution in [0.4, 0.5) is 5.69 Å². The molecule has 1 fully saturated rings. The van der Waals surface area contributed by atoms with Crippen LogP contribution in [0.15, 0.2) is 47.4 Å². The predicted molar refractivity (Wildman–Crippen MR) is 151 cm³/mol. The largest absolute Gasteiger partial charge is 0.491 e. The van der Waals surface area contributed by atoms with Crippen molar-refractivity contribution in [2.45, 2.75) is 37.2 Å². The molecule has 2 heterocycles. The number of primary amides is 1. The summed E-state index contributed by atoms with van der Waals surface area (Å²) in [6.07, 6.45) is -0.243. The third-order valence-electron chi connectivity index (χ3n) is 6.31. The molecule has 3 aromatic rings. The van der Waals surface area contributed by atoms with Crippen molar-refractivity contribution in [2.75, 3.05) is 38.2 Å². The minimum atomic E-state index is -4.29. The van der Waals surface area contributed by atoms with E-state index in [0.29, 0.717) is 5.75 Å². The molecule has 14 heteroatoms. The molecule has 1 aliphatic rings. The standard InChI is InChI=1S/C27H31ClN4O8S/c1-2-38-23(34)10-6-9-22(33)30-21-14-17(28)13-20-24(21)31-25(27(29)35)26(20)41(36,37)32-11-12-39-19(15-32)16-40-18-7-4-3-5-8-18/h3-5,7-8,13-14,19,31H,2,6,9-12,15-16H2,1H3,(H2,29,35)(H,30,33). The molecule has 1 saturated heterocycles. The summed E-state index contributed by atoms with van der Waals surface area (Å²) < 4.78 is 45.4. The second-order valence-electron chi connectivity index (χ2n) is 9.26. The van der Waals surface area contributed by atoms with Gasteiger partial charge in [0, 0.05) is 36.3 Å². The maximum Gasteiger partial charge on any atom is 0.305 e. The molecule has 0 saturated carbocycles. The van der Waals surface area contributed by atoms with E-state index in [1.807, 2.05) is 18.2 Å². The van der Waals surface area contributed by atoms with Crippen LogP contribution < -0.4 is 15.8 Å². The van der Waals surface area contributed by atoms with Crippen LogP contribution in [0.5, 0.6) is 5.75 Å². The molecule has 0 bridgehead atoms. The molecule has 4 rings (SSSR count). The number of nitrogens with zero attached hydrogens (tertiary/aromatic N) is 1. The van der Waals surface area contributed by atoms with Crippen molar-refractivity contribution in [3.63, 3.8) is 0 Å². The Bertz CT molecular complexity index is 1530. The molecule has 2 amide bonds. The van der Waals surface area contributed by atoms with E-state index in [-0.39, 0.29) is 84.4 Å². The summed E-state index contributed by atoms with van der Waals surface area (Å²) in [4.78, 5) is 39.0. The Kier molecular flexibility index (Phi) is 9.86.